The number of amides is 1. The minimum Gasteiger partial charge on any atom is -0.490 e. The molecule has 0 bridgehead atoms. The number of ether oxygens (including phenoxy) is 2. The van der Waals surface area contributed by atoms with Gasteiger partial charge in [-0.05, 0) is 44.5 Å². The van der Waals surface area contributed by atoms with Gasteiger partial charge in [-0.15, -0.1) is 5.10 Å². The molecule has 2 heterocycles. The summed E-state index contributed by atoms with van der Waals surface area (Å²) >= 11 is 0. The average Bonchev–Trinajstić information content (AvgIpc) is 3.23. The number of nitrogens with zero attached hydrogens (tertiary/aromatic N) is 4. The van der Waals surface area contributed by atoms with Crippen LogP contribution in [-0.4, -0.2) is 39.1 Å². The second-order valence-electron chi connectivity index (χ2n) is 5.69. The van der Waals surface area contributed by atoms with E-state index in [-0.39, 0.29) is 17.8 Å². The van der Waals surface area contributed by atoms with Crippen molar-refractivity contribution in [2.24, 2.45) is 7.05 Å². The van der Waals surface area contributed by atoms with E-state index in [4.69, 9.17) is 13.9 Å². The molecule has 3 aromatic rings. The van der Waals surface area contributed by atoms with Crippen LogP contribution in [-0.2, 0) is 7.05 Å². The van der Waals surface area contributed by atoms with E-state index in [0.29, 0.717) is 36.0 Å². The Morgan fingerprint density at radius 2 is 1.93 bits per heavy atom. The van der Waals surface area contributed by atoms with Crippen LogP contribution in [0.2, 0.25) is 0 Å². The van der Waals surface area contributed by atoms with E-state index in [1.165, 1.54) is 4.68 Å². The Morgan fingerprint density at radius 3 is 2.59 bits per heavy atom. The molecule has 142 valence electrons. The van der Waals surface area contributed by atoms with Gasteiger partial charge in [0.2, 0.25) is 5.89 Å². The normalized spacial score (nSPS) is 10.7. The van der Waals surface area contributed by atoms with Gasteiger partial charge in [0.25, 0.3) is 5.91 Å². The lowest BCUT2D eigenvalue weighted by Gasteiger charge is -2.11. The van der Waals surface area contributed by atoms with Crippen LogP contribution < -0.4 is 14.8 Å². The summed E-state index contributed by atoms with van der Waals surface area (Å²) in [6.07, 6.45) is 1.61. The van der Waals surface area contributed by atoms with Crippen molar-refractivity contribution < 1.29 is 18.7 Å². The Hall–Kier alpha value is -3.36. The third-order valence-corrected chi connectivity index (χ3v) is 3.77. The molecular weight excluding hydrogens is 350 g/mol. The van der Waals surface area contributed by atoms with E-state index < -0.39 is 0 Å². The summed E-state index contributed by atoms with van der Waals surface area (Å²) in [5.41, 5.74) is 1.84. The molecule has 3 rings (SSSR count). The quantitative estimate of drug-likeness (QED) is 0.681. The zero-order valence-electron chi connectivity index (χ0n) is 15.6. The van der Waals surface area contributed by atoms with Crippen LogP contribution in [0.1, 0.15) is 29.9 Å². The molecule has 0 unspecified atom stereocenters. The van der Waals surface area contributed by atoms with Gasteiger partial charge in [0, 0.05) is 12.6 Å². The minimum atomic E-state index is -0.371. The number of carbonyl (C=O) groups is 1. The fraction of sp³-hybridized carbons (Fsp3) is 0.333. The fourth-order valence-electron chi connectivity index (χ4n) is 2.60. The Morgan fingerprint density at radius 1 is 1.19 bits per heavy atom. The number of rotatable bonds is 7. The molecule has 9 nitrogen and oxygen atoms in total. The zero-order valence-corrected chi connectivity index (χ0v) is 15.6. The highest BCUT2D eigenvalue weighted by Crippen LogP contribution is 2.32. The van der Waals surface area contributed by atoms with Crippen LogP contribution in [0.15, 0.2) is 28.8 Å². The number of carbonyl (C=O) groups excluding carboxylic acids is 1. The second-order valence-corrected chi connectivity index (χ2v) is 5.69. The Balaban J connectivity index is 1.81. The average molecular weight is 371 g/mol. The fourth-order valence-corrected chi connectivity index (χ4v) is 2.60. The topological polar surface area (TPSA) is 104 Å². The van der Waals surface area contributed by atoms with Gasteiger partial charge < -0.3 is 13.9 Å². The first kappa shape index (κ1) is 18.4. The van der Waals surface area contributed by atoms with Gasteiger partial charge in [0.05, 0.1) is 19.4 Å². The molecule has 0 fully saturated rings. The number of aromatic nitrogens is 4. The SMILES string of the molecule is CCOc1ccc(-c2nnc(NC(=O)c3c(C)cnn3C)o2)cc1OCC. The van der Waals surface area contributed by atoms with E-state index in [1.807, 2.05) is 13.8 Å². The van der Waals surface area contributed by atoms with Crippen molar-refractivity contribution in [3.05, 3.63) is 35.7 Å². The molecule has 9 heteroatoms. The van der Waals surface area contributed by atoms with Gasteiger partial charge in [-0.2, -0.15) is 5.10 Å². The van der Waals surface area contributed by atoms with E-state index in [9.17, 15) is 4.79 Å². The number of benzene rings is 1. The number of hydrogen-bond donors (Lipinski definition) is 1. The van der Waals surface area contributed by atoms with Crippen molar-refractivity contribution in [3.8, 4) is 23.0 Å². The lowest BCUT2D eigenvalue weighted by molar-refractivity contribution is 0.101. The Kier molecular flexibility index (Phi) is 5.39. The molecule has 27 heavy (non-hydrogen) atoms. The lowest BCUT2D eigenvalue weighted by atomic mass is 10.2. The summed E-state index contributed by atoms with van der Waals surface area (Å²) < 4.78 is 18.2. The summed E-state index contributed by atoms with van der Waals surface area (Å²) in [6.45, 7) is 6.63. The number of hydrogen-bond acceptors (Lipinski definition) is 7. The highest BCUT2D eigenvalue weighted by Gasteiger charge is 2.18. The van der Waals surface area contributed by atoms with E-state index in [2.05, 4.69) is 20.6 Å². The van der Waals surface area contributed by atoms with E-state index in [0.717, 1.165) is 5.56 Å². The molecule has 0 saturated carbocycles. The van der Waals surface area contributed by atoms with Crippen LogP contribution in [0.4, 0.5) is 6.01 Å². The van der Waals surface area contributed by atoms with Crippen LogP contribution in [0.25, 0.3) is 11.5 Å². The molecule has 0 spiro atoms. The predicted molar refractivity (Wildman–Crippen MR) is 98.0 cm³/mol. The minimum absolute atomic E-state index is 0.00226. The van der Waals surface area contributed by atoms with Crippen molar-refractivity contribution >= 4 is 11.9 Å². The second kappa shape index (κ2) is 7.90. The van der Waals surface area contributed by atoms with Crippen molar-refractivity contribution in [2.45, 2.75) is 20.8 Å². The predicted octanol–water partition coefficient (Wildman–Crippen LogP) is 2.83. The van der Waals surface area contributed by atoms with Crippen LogP contribution >= 0.6 is 0 Å². The molecule has 0 aliphatic heterocycles. The third-order valence-electron chi connectivity index (χ3n) is 3.77. The molecule has 0 saturated heterocycles. The molecule has 0 radical (unpaired) electrons. The highest BCUT2D eigenvalue weighted by atomic mass is 16.5. The maximum atomic E-state index is 12.4. The Bertz CT molecular complexity index is 928. The number of nitrogens with one attached hydrogen (secondary N) is 1. The van der Waals surface area contributed by atoms with Crippen molar-refractivity contribution in [2.75, 3.05) is 18.5 Å². The molecule has 1 aromatic carbocycles. The summed E-state index contributed by atoms with van der Waals surface area (Å²) in [7, 11) is 1.69. The van der Waals surface area contributed by atoms with Crippen molar-refractivity contribution in [1.82, 2.24) is 20.0 Å². The molecule has 0 aliphatic rings. The smallest absolute Gasteiger partial charge is 0.322 e. The largest absolute Gasteiger partial charge is 0.490 e. The molecule has 0 aliphatic carbocycles. The third kappa shape index (κ3) is 3.91. The van der Waals surface area contributed by atoms with Crippen molar-refractivity contribution in [1.29, 1.82) is 0 Å². The first-order chi connectivity index (χ1) is 13.0. The van der Waals surface area contributed by atoms with Gasteiger partial charge in [-0.3, -0.25) is 14.8 Å². The molecular formula is C18H21N5O4. The van der Waals surface area contributed by atoms with Gasteiger partial charge in [-0.1, -0.05) is 5.10 Å². The van der Waals surface area contributed by atoms with E-state index >= 15 is 0 Å². The number of aryl methyl sites for hydroxylation is 2. The lowest BCUT2D eigenvalue weighted by Crippen LogP contribution is -2.17. The maximum Gasteiger partial charge on any atom is 0.322 e. The summed E-state index contributed by atoms with van der Waals surface area (Å²) in [4.78, 5) is 12.4. The summed E-state index contributed by atoms with van der Waals surface area (Å²) in [5.74, 6) is 1.12. The molecule has 1 amide bonds. The Labute approximate surface area is 156 Å². The summed E-state index contributed by atoms with van der Waals surface area (Å²) in [5, 5.41) is 14.5. The van der Waals surface area contributed by atoms with E-state index in [1.54, 1.807) is 38.4 Å². The number of anilines is 1. The highest BCUT2D eigenvalue weighted by molar-refractivity contribution is 6.02. The van der Waals surface area contributed by atoms with Gasteiger partial charge in [-0.25, -0.2) is 0 Å². The molecule has 2 aromatic heterocycles. The molecule has 0 atom stereocenters. The standard InChI is InChI=1S/C18H21N5O4/c1-5-25-13-8-7-12(9-14(13)26-6-2)17-21-22-18(27-17)20-16(24)15-11(3)10-19-23(15)4/h7-10H,5-6H2,1-4H3,(H,20,22,24). The van der Waals surface area contributed by atoms with Crippen LogP contribution in [0, 0.1) is 6.92 Å². The summed E-state index contributed by atoms with van der Waals surface area (Å²) in [6, 6.07) is 5.34. The first-order valence-corrected chi connectivity index (χ1v) is 8.57. The maximum absolute atomic E-state index is 12.4. The van der Waals surface area contributed by atoms with Gasteiger partial charge in [0.15, 0.2) is 11.5 Å². The van der Waals surface area contributed by atoms with Crippen LogP contribution in [0.3, 0.4) is 0 Å². The molecule has 1 N–H and O–H groups in total. The van der Waals surface area contributed by atoms with Gasteiger partial charge in [0.1, 0.15) is 5.69 Å². The van der Waals surface area contributed by atoms with Gasteiger partial charge >= 0.3 is 6.01 Å². The monoisotopic (exact) mass is 371 g/mol. The van der Waals surface area contributed by atoms with Crippen LogP contribution in [0.5, 0.6) is 11.5 Å². The first-order valence-electron chi connectivity index (χ1n) is 8.57. The van der Waals surface area contributed by atoms with Crippen molar-refractivity contribution in [3.63, 3.8) is 0 Å². The zero-order chi connectivity index (χ0) is 19.4.